The smallest absolute Gasteiger partial charge is 0.272 e. The topological polar surface area (TPSA) is 47.4 Å². The molecule has 4 rings (SSSR count). The van der Waals surface area contributed by atoms with Crippen molar-refractivity contribution in [2.75, 3.05) is 20.2 Å². The number of hydrogen-bond donors (Lipinski definition) is 0. The summed E-state index contributed by atoms with van der Waals surface area (Å²) in [5.41, 5.74) is 3.57. The standard InChI is InChI=1S/C24H27N3O2/c1-26-22(16-21(25-26)20-13-6-7-14-23(20)29-2)24(28)27-15-9-8-12-19(17-27)18-10-4-3-5-11-18/h3-7,10-11,13-14,16,19H,8-9,12,15,17H2,1-2H3. The van der Waals surface area contributed by atoms with E-state index in [4.69, 9.17) is 4.74 Å². The molecule has 1 amide bonds. The fourth-order valence-corrected chi connectivity index (χ4v) is 4.14. The molecule has 29 heavy (non-hydrogen) atoms. The van der Waals surface area contributed by atoms with E-state index in [9.17, 15) is 4.79 Å². The first kappa shape index (κ1) is 19.2. The second-order valence-corrected chi connectivity index (χ2v) is 7.59. The van der Waals surface area contributed by atoms with E-state index in [1.807, 2.05) is 48.3 Å². The minimum atomic E-state index is 0.0454. The molecule has 1 aliphatic rings. The van der Waals surface area contributed by atoms with Crippen molar-refractivity contribution in [2.24, 2.45) is 7.05 Å². The Morgan fingerprint density at radius 3 is 2.62 bits per heavy atom. The molecule has 1 atom stereocenters. The lowest BCUT2D eigenvalue weighted by molar-refractivity contribution is 0.0743. The second kappa shape index (κ2) is 8.52. The Morgan fingerprint density at radius 2 is 1.83 bits per heavy atom. The normalized spacial score (nSPS) is 17.0. The molecule has 0 radical (unpaired) electrons. The monoisotopic (exact) mass is 389 g/mol. The molecular weight excluding hydrogens is 362 g/mol. The maximum absolute atomic E-state index is 13.4. The molecule has 5 nitrogen and oxygen atoms in total. The molecule has 5 heteroatoms. The van der Waals surface area contributed by atoms with Gasteiger partial charge in [-0.25, -0.2) is 0 Å². The number of aryl methyl sites for hydroxylation is 1. The SMILES string of the molecule is COc1ccccc1-c1cc(C(=O)N2CCCCC(c3ccccc3)C2)n(C)n1. The van der Waals surface area contributed by atoms with Crippen molar-refractivity contribution in [3.05, 3.63) is 71.9 Å². The quantitative estimate of drug-likeness (QED) is 0.660. The largest absolute Gasteiger partial charge is 0.496 e. The first-order valence-corrected chi connectivity index (χ1v) is 10.2. The summed E-state index contributed by atoms with van der Waals surface area (Å²) in [5, 5.41) is 4.60. The number of rotatable bonds is 4. The third-order valence-corrected chi connectivity index (χ3v) is 5.71. The Morgan fingerprint density at radius 1 is 1.07 bits per heavy atom. The van der Waals surface area contributed by atoms with E-state index in [1.54, 1.807) is 11.8 Å². The number of hydrogen-bond acceptors (Lipinski definition) is 3. The van der Waals surface area contributed by atoms with Crippen molar-refractivity contribution in [3.8, 4) is 17.0 Å². The average Bonchev–Trinajstić information content (AvgIpc) is 2.99. The Bertz CT molecular complexity index is 981. The highest BCUT2D eigenvalue weighted by Crippen LogP contribution is 2.30. The van der Waals surface area contributed by atoms with E-state index in [0.29, 0.717) is 11.6 Å². The van der Waals surface area contributed by atoms with Gasteiger partial charge in [0.05, 0.1) is 12.8 Å². The maximum atomic E-state index is 13.4. The molecule has 2 aromatic carbocycles. The summed E-state index contributed by atoms with van der Waals surface area (Å²) in [6.45, 7) is 1.54. The molecule has 0 saturated carbocycles. The van der Waals surface area contributed by atoms with Crippen LogP contribution in [0, 0.1) is 0 Å². The number of nitrogens with zero attached hydrogens (tertiary/aromatic N) is 3. The van der Waals surface area contributed by atoms with Gasteiger partial charge in [-0.05, 0) is 36.6 Å². The van der Waals surface area contributed by atoms with Crippen LogP contribution in [-0.2, 0) is 7.05 Å². The lowest BCUT2D eigenvalue weighted by Crippen LogP contribution is -2.35. The number of ether oxygens (including phenoxy) is 1. The van der Waals surface area contributed by atoms with E-state index in [0.717, 1.165) is 49.4 Å². The first-order chi connectivity index (χ1) is 14.2. The van der Waals surface area contributed by atoms with Gasteiger partial charge in [-0.2, -0.15) is 5.10 Å². The molecule has 1 unspecified atom stereocenters. The summed E-state index contributed by atoms with van der Waals surface area (Å²) in [4.78, 5) is 15.4. The Labute approximate surface area is 171 Å². The second-order valence-electron chi connectivity index (χ2n) is 7.59. The molecule has 1 aliphatic heterocycles. The van der Waals surface area contributed by atoms with Gasteiger partial charge >= 0.3 is 0 Å². The predicted octanol–water partition coefficient (Wildman–Crippen LogP) is 4.51. The van der Waals surface area contributed by atoms with Gasteiger partial charge in [0, 0.05) is 31.6 Å². The summed E-state index contributed by atoms with van der Waals surface area (Å²) in [6.07, 6.45) is 3.29. The van der Waals surface area contributed by atoms with Gasteiger partial charge in [0.25, 0.3) is 5.91 Å². The summed E-state index contributed by atoms with van der Waals surface area (Å²) in [5.74, 6) is 1.18. The average molecular weight is 389 g/mol. The van der Waals surface area contributed by atoms with Crippen LogP contribution in [0.3, 0.4) is 0 Å². The summed E-state index contributed by atoms with van der Waals surface area (Å²) >= 11 is 0. The van der Waals surface area contributed by atoms with E-state index >= 15 is 0 Å². The van der Waals surface area contributed by atoms with Gasteiger partial charge in [0.15, 0.2) is 0 Å². The fraction of sp³-hybridized carbons (Fsp3) is 0.333. The number of benzene rings is 2. The first-order valence-electron chi connectivity index (χ1n) is 10.2. The lowest BCUT2D eigenvalue weighted by atomic mass is 9.94. The lowest BCUT2D eigenvalue weighted by Gasteiger charge is -2.24. The minimum absolute atomic E-state index is 0.0454. The van der Waals surface area contributed by atoms with Gasteiger partial charge in [0.2, 0.25) is 0 Å². The molecule has 1 saturated heterocycles. The van der Waals surface area contributed by atoms with Gasteiger partial charge in [-0.3, -0.25) is 9.48 Å². The van der Waals surface area contributed by atoms with Crippen molar-refractivity contribution < 1.29 is 9.53 Å². The van der Waals surface area contributed by atoms with Crippen LogP contribution >= 0.6 is 0 Å². The van der Waals surface area contributed by atoms with Crippen molar-refractivity contribution >= 4 is 5.91 Å². The van der Waals surface area contributed by atoms with Crippen molar-refractivity contribution in [3.63, 3.8) is 0 Å². The van der Waals surface area contributed by atoms with Gasteiger partial charge in [-0.1, -0.05) is 48.9 Å². The van der Waals surface area contributed by atoms with E-state index < -0.39 is 0 Å². The van der Waals surface area contributed by atoms with Crippen molar-refractivity contribution in [1.29, 1.82) is 0 Å². The van der Waals surface area contributed by atoms with Gasteiger partial charge in [-0.15, -0.1) is 0 Å². The number of carbonyl (C=O) groups excluding carboxylic acids is 1. The molecule has 0 N–H and O–H groups in total. The van der Waals surface area contributed by atoms with Crippen LogP contribution in [0.15, 0.2) is 60.7 Å². The van der Waals surface area contributed by atoms with Crippen LogP contribution in [0.5, 0.6) is 5.75 Å². The summed E-state index contributed by atoms with van der Waals surface area (Å²) in [6, 6.07) is 20.2. The van der Waals surface area contributed by atoms with E-state index in [-0.39, 0.29) is 5.91 Å². The molecule has 1 fully saturated rings. The Kier molecular flexibility index (Phi) is 5.65. The molecule has 0 bridgehead atoms. The number of para-hydroxylation sites is 1. The Hall–Kier alpha value is -3.08. The number of carbonyl (C=O) groups is 1. The van der Waals surface area contributed by atoms with Crippen LogP contribution in [0.2, 0.25) is 0 Å². The molecule has 3 aromatic rings. The zero-order valence-electron chi connectivity index (χ0n) is 17.0. The van der Waals surface area contributed by atoms with Crippen LogP contribution in [-0.4, -0.2) is 40.8 Å². The highest BCUT2D eigenvalue weighted by molar-refractivity contribution is 5.94. The zero-order chi connectivity index (χ0) is 20.2. The van der Waals surface area contributed by atoms with Crippen molar-refractivity contribution in [1.82, 2.24) is 14.7 Å². The van der Waals surface area contributed by atoms with Crippen LogP contribution in [0.4, 0.5) is 0 Å². The van der Waals surface area contributed by atoms with Crippen molar-refractivity contribution in [2.45, 2.75) is 25.2 Å². The summed E-state index contributed by atoms with van der Waals surface area (Å²) in [7, 11) is 3.48. The highest BCUT2D eigenvalue weighted by atomic mass is 16.5. The van der Waals surface area contributed by atoms with Crippen LogP contribution < -0.4 is 4.74 Å². The third-order valence-electron chi connectivity index (χ3n) is 5.71. The number of amides is 1. The number of likely N-dealkylation sites (tertiary alicyclic amines) is 1. The molecular formula is C24H27N3O2. The number of methoxy groups -OCH3 is 1. The molecule has 1 aromatic heterocycles. The maximum Gasteiger partial charge on any atom is 0.272 e. The van der Waals surface area contributed by atoms with Gasteiger partial charge in [0.1, 0.15) is 11.4 Å². The number of aromatic nitrogens is 2. The van der Waals surface area contributed by atoms with E-state index in [2.05, 4.69) is 29.4 Å². The molecule has 150 valence electrons. The fourth-order valence-electron chi connectivity index (χ4n) is 4.14. The zero-order valence-corrected chi connectivity index (χ0v) is 17.0. The molecule has 2 heterocycles. The van der Waals surface area contributed by atoms with Gasteiger partial charge < -0.3 is 9.64 Å². The van der Waals surface area contributed by atoms with Crippen LogP contribution in [0.1, 0.15) is 41.2 Å². The minimum Gasteiger partial charge on any atom is -0.496 e. The molecule has 0 spiro atoms. The van der Waals surface area contributed by atoms with E-state index in [1.165, 1.54) is 5.56 Å². The third kappa shape index (κ3) is 4.04. The summed E-state index contributed by atoms with van der Waals surface area (Å²) < 4.78 is 7.15. The molecule has 0 aliphatic carbocycles. The predicted molar refractivity (Wildman–Crippen MR) is 114 cm³/mol. The van der Waals surface area contributed by atoms with Crippen LogP contribution in [0.25, 0.3) is 11.3 Å². The Balaban J connectivity index is 1.60. The highest BCUT2D eigenvalue weighted by Gasteiger charge is 2.26.